The minimum Gasteiger partial charge on any atom is -0.341 e. The molecule has 1 amide bonds. The molecule has 0 radical (unpaired) electrons. The molecular formula is C15H20F3N3OS. The molecule has 0 saturated carbocycles. The van der Waals surface area contributed by atoms with Crippen LogP contribution in [0.1, 0.15) is 32.9 Å². The van der Waals surface area contributed by atoms with Gasteiger partial charge in [-0.25, -0.2) is 9.97 Å². The largest absolute Gasteiger partial charge is 0.433 e. The lowest BCUT2D eigenvalue weighted by molar-refractivity contribution is -0.141. The zero-order valence-corrected chi connectivity index (χ0v) is 14.1. The Balaban J connectivity index is 2.04. The molecule has 3 unspecified atom stereocenters. The molecule has 2 rings (SSSR count). The van der Waals surface area contributed by atoms with Crippen LogP contribution in [0.3, 0.4) is 0 Å². The van der Waals surface area contributed by atoms with Crippen molar-refractivity contribution < 1.29 is 18.0 Å². The first-order valence-electron chi connectivity index (χ1n) is 7.52. The van der Waals surface area contributed by atoms with Gasteiger partial charge in [-0.3, -0.25) is 4.79 Å². The van der Waals surface area contributed by atoms with E-state index in [9.17, 15) is 18.0 Å². The lowest BCUT2D eigenvalue weighted by Crippen LogP contribution is -2.45. The highest BCUT2D eigenvalue weighted by atomic mass is 32.2. The van der Waals surface area contributed by atoms with Gasteiger partial charge in [0.2, 0.25) is 5.91 Å². The third-order valence-electron chi connectivity index (χ3n) is 3.73. The minimum atomic E-state index is -4.51. The average Bonchev–Trinajstić information content (AvgIpc) is 2.44. The summed E-state index contributed by atoms with van der Waals surface area (Å²) >= 11 is 0.965. The molecule has 1 aromatic rings. The van der Waals surface area contributed by atoms with E-state index in [1.807, 2.05) is 0 Å². The van der Waals surface area contributed by atoms with Crippen molar-refractivity contribution in [1.82, 2.24) is 14.9 Å². The highest BCUT2D eigenvalue weighted by molar-refractivity contribution is 8.00. The number of hydrogen-bond donors (Lipinski definition) is 0. The molecule has 8 heteroatoms. The molecule has 1 aromatic heterocycles. The number of halogens is 3. The highest BCUT2D eigenvalue weighted by Crippen LogP contribution is 2.30. The van der Waals surface area contributed by atoms with E-state index < -0.39 is 17.1 Å². The summed E-state index contributed by atoms with van der Waals surface area (Å²) in [5.41, 5.74) is -0.991. The number of piperidine rings is 1. The number of amides is 1. The Morgan fingerprint density at radius 2 is 1.96 bits per heavy atom. The Kier molecular flexibility index (Phi) is 5.54. The van der Waals surface area contributed by atoms with Crippen LogP contribution in [0.4, 0.5) is 13.2 Å². The summed E-state index contributed by atoms with van der Waals surface area (Å²) in [4.78, 5) is 21.6. The van der Waals surface area contributed by atoms with Crippen molar-refractivity contribution in [3.05, 3.63) is 18.0 Å². The minimum absolute atomic E-state index is 0.0289. The van der Waals surface area contributed by atoms with Crippen LogP contribution in [0.2, 0.25) is 0 Å². The fourth-order valence-electron chi connectivity index (χ4n) is 2.86. The van der Waals surface area contributed by atoms with E-state index in [0.717, 1.165) is 30.4 Å². The fraction of sp³-hybridized carbons (Fsp3) is 0.667. The Labute approximate surface area is 137 Å². The average molecular weight is 347 g/mol. The predicted octanol–water partition coefficient (Wildman–Crippen LogP) is 3.48. The number of carbonyl (C=O) groups excluding carboxylic acids is 1. The maximum atomic E-state index is 12.7. The Bertz CT molecular complexity index is 557. The number of aromatic nitrogens is 2. The van der Waals surface area contributed by atoms with Gasteiger partial charge in [-0.1, -0.05) is 25.6 Å². The molecule has 1 fully saturated rings. The van der Waals surface area contributed by atoms with Crippen molar-refractivity contribution in [1.29, 1.82) is 0 Å². The summed E-state index contributed by atoms with van der Waals surface area (Å²) in [7, 11) is 0. The summed E-state index contributed by atoms with van der Waals surface area (Å²) in [6, 6.07) is 0.824. The number of thioether (sulfide) groups is 1. The topological polar surface area (TPSA) is 46.1 Å². The number of hydrogen-bond acceptors (Lipinski definition) is 4. The number of likely N-dealkylation sites (tertiary alicyclic amines) is 1. The molecule has 1 aliphatic heterocycles. The molecule has 128 valence electrons. The third-order valence-corrected chi connectivity index (χ3v) is 4.70. The first-order valence-corrected chi connectivity index (χ1v) is 8.40. The predicted molar refractivity (Wildman–Crippen MR) is 81.9 cm³/mol. The smallest absolute Gasteiger partial charge is 0.341 e. The Morgan fingerprint density at radius 3 is 2.52 bits per heavy atom. The second kappa shape index (κ2) is 7.07. The van der Waals surface area contributed by atoms with Crippen LogP contribution in [0, 0.1) is 11.8 Å². The van der Waals surface area contributed by atoms with Gasteiger partial charge in [0.15, 0.2) is 5.16 Å². The van der Waals surface area contributed by atoms with Crippen LogP contribution in [0.15, 0.2) is 17.4 Å². The summed E-state index contributed by atoms with van der Waals surface area (Å²) < 4.78 is 38.0. The summed E-state index contributed by atoms with van der Waals surface area (Å²) in [6.45, 7) is 7.27. The van der Waals surface area contributed by atoms with E-state index in [1.165, 1.54) is 0 Å². The highest BCUT2D eigenvalue weighted by Gasteiger charge is 2.33. The maximum absolute atomic E-state index is 12.7. The molecule has 0 bridgehead atoms. The maximum Gasteiger partial charge on any atom is 0.433 e. The molecule has 0 N–H and O–H groups in total. The van der Waals surface area contributed by atoms with Crippen LogP contribution in [0.5, 0.6) is 0 Å². The molecular weight excluding hydrogens is 327 g/mol. The zero-order chi connectivity index (χ0) is 17.2. The normalized spacial score (nSPS) is 23.7. The van der Waals surface area contributed by atoms with E-state index in [4.69, 9.17) is 0 Å². The number of nitrogens with zero attached hydrogens (tertiary/aromatic N) is 3. The molecule has 1 aliphatic rings. The van der Waals surface area contributed by atoms with E-state index >= 15 is 0 Å². The van der Waals surface area contributed by atoms with E-state index in [2.05, 4.69) is 23.8 Å². The van der Waals surface area contributed by atoms with Crippen molar-refractivity contribution in [2.24, 2.45) is 11.8 Å². The summed E-state index contributed by atoms with van der Waals surface area (Å²) in [6.07, 6.45) is -2.36. The van der Waals surface area contributed by atoms with Crippen molar-refractivity contribution in [2.45, 2.75) is 43.8 Å². The van der Waals surface area contributed by atoms with Gasteiger partial charge in [0.1, 0.15) is 5.69 Å². The van der Waals surface area contributed by atoms with Crippen molar-refractivity contribution >= 4 is 17.7 Å². The van der Waals surface area contributed by atoms with Gasteiger partial charge in [-0.2, -0.15) is 13.2 Å². The van der Waals surface area contributed by atoms with Crippen LogP contribution < -0.4 is 0 Å². The van der Waals surface area contributed by atoms with Crippen molar-refractivity contribution in [3.8, 4) is 0 Å². The Morgan fingerprint density at radius 1 is 1.35 bits per heavy atom. The summed E-state index contributed by atoms with van der Waals surface area (Å²) in [5.74, 6) is 0.795. The molecule has 0 spiro atoms. The van der Waals surface area contributed by atoms with Gasteiger partial charge >= 0.3 is 6.18 Å². The van der Waals surface area contributed by atoms with Gasteiger partial charge in [-0.05, 0) is 31.2 Å². The molecule has 0 aromatic carbocycles. The monoisotopic (exact) mass is 347 g/mol. The third kappa shape index (κ3) is 4.83. The van der Waals surface area contributed by atoms with E-state index in [0.29, 0.717) is 24.9 Å². The number of alkyl halides is 3. The molecule has 0 aliphatic carbocycles. The second-order valence-corrected chi connectivity index (χ2v) is 7.48. The lowest BCUT2D eigenvalue weighted by atomic mass is 9.92. The molecule has 4 nitrogen and oxygen atoms in total. The molecule has 1 saturated heterocycles. The second-order valence-electron chi connectivity index (χ2n) is 6.17. The van der Waals surface area contributed by atoms with Crippen molar-refractivity contribution in [2.75, 3.05) is 13.1 Å². The SMILES string of the molecule is CC1CC(C)CN(C(=O)C(C)Sc2nccc(C(F)(F)F)n2)C1. The molecule has 3 atom stereocenters. The number of rotatable bonds is 3. The lowest BCUT2D eigenvalue weighted by Gasteiger charge is -2.36. The first kappa shape index (κ1) is 18.0. The number of carbonyl (C=O) groups is 1. The van der Waals surface area contributed by atoms with Crippen LogP contribution in [-0.2, 0) is 11.0 Å². The van der Waals surface area contributed by atoms with Crippen molar-refractivity contribution in [3.63, 3.8) is 0 Å². The van der Waals surface area contributed by atoms with Gasteiger partial charge in [-0.15, -0.1) is 0 Å². The van der Waals surface area contributed by atoms with Gasteiger partial charge in [0.25, 0.3) is 0 Å². The zero-order valence-electron chi connectivity index (χ0n) is 13.3. The standard InChI is InChI=1S/C15H20F3N3OS/c1-9-6-10(2)8-21(7-9)13(22)11(3)23-14-19-5-4-12(20-14)15(16,17)18/h4-5,9-11H,6-8H2,1-3H3. The van der Waals surface area contributed by atoms with E-state index in [1.54, 1.807) is 11.8 Å². The van der Waals surface area contributed by atoms with Gasteiger partial charge < -0.3 is 4.90 Å². The van der Waals surface area contributed by atoms with Crippen LogP contribution in [0.25, 0.3) is 0 Å². The quantitative estimate of drug-likeness (QED) is 0.620. The first-order chi connectivity index (χ1) is 10.7. The summed E-state index contributed by atoms with van der Waals surface area (Å²) in [5, 5.41) is -0.547. The van der Waals surface area contributed by atoms with Gasteiger partial charge in [0.05, 0.1) is 5.25 Å². The van der Waals surface area contributed by atoms with E-state index in [-0.39, 0.29) is 11.1 Å². The fourth-order valence-corrected chi connectivity index (χ4v) is 3.70. The van der Waals surface area contributed by atoms with Crippen LogP contribution in [-0.4, -0.2) is 39.1 Å². The van der Waals surface area contributed by atoms with Crippen LogP contribution >= 0.6 is 11.8 Å². The molecule has 2 heterocycles. The molecule has 23 heavy (non-hydrogen) atoms. The Hall–Kier alpha value is -1.31. The van der Waals surface area contributed by atoms with Gasteiger partial charge in [0, 0.05) is 19.3 Å².